The van der Waals surface area contributed by atoms with Crippen LogP contribution >= 0.6 is 24.0 Å². The van der Waals surface area contributed by atoms with Crippen LogP contribution in [0.5, 0.6) is 11.5 Å². The molecule has 0 aromatic heterocycles. The fraction of sp³-hybridized carbons (Fsp3) is 0.682. The van der Waals surface area contributed by atoms with Crippen molar-refractivity contribution in [3.05, 3.63) is 23.8 Å². The van der Waals surface area contributed by atoms with Crippen LogP contribution in [0.15, 0.2) is 23.2 Å². The molecule has 0 amide bonds. The predicted molar refractivity (Wildman–Crippen MR) is 132 cm³/mol. The maximum Gasteiger partial charge on any atom is 0.191 e. The second-order valence-corrected chi connectivity index (χ2v) is 7.96. The number of benzene rings is 1. The van der Waals surface area contributed by atoms with Gasteiger partial charge in [0.1, 0.15) is 0 Å². The van der Waals surface area contributed by atoms with Crippen molar-refractivity contribution in [2.24, 2.45) is 10.9 Å². The summed E-state index contributed by atoms with van der Waals surface area (Å²) in [5.74, 6) is 2.84. The van der Waals surface area contributed by atoms with Crippen LogP contribution < -0.4 is 20.1 Å². The van der Waals surface area contributed by atoms with Gasteiger partial charge >= 0.3 is 0 Å². The molecule has 1 aliphatic rings. The number of halogens is 1. The summed E-state index contributed by atoms with van der Waals surface area (Å²) in [5.41, 5.74) is 1.06. The number of nitrogens with zero attached hydrogens (tertiary/aromatic N) is 1. The molecular weight excluding hydrogens is 497 g/mol. The standard InChI is InChI=1S/C22H37N3O4.HI/c1-22(2,18-7-8-19(26-4)20(13-18)27-5)16-25-21(23-3)24-10-6-11-28-14-17-9-12-29-15-17;/h7-8,13,17H,6,9-12,14-16H2,1-5H3,(H2,23,24,25);1H. The van der Waals surface area contributed by atoms with E-state index in [0.717, 1.165) is 69.8 Å². The largest absolute Gasteiger partial charge is 0.493 e. The first-order valence-corrected chi connectivity index (χ1v) is 10.3. The number of nitrogens with one attached hydrogen (secondary N) is 2. The van der Waals surface area contributed by atoms with E-state index < -0.39 is 0 Å². The van der Waals surface area contributed by atoms with Gasteiger partial charge in [0.25, 0.3) is 0 Å². The van der Waals surface area contributed by atoms with E-state index in [-0.39, 0.29) is 29.4 Å². The summed E-state index contributed by atoms with van der Waals surface area (Å²) in [7, 11) is 5.09. The molecule has 1 saturated heterocycles. The molecule has 1 fully saturated rings. The summed E-state index contributed by atoms with van der Waals surface area (Å²) in [6.45, 7) is 9.19. The van der Waals surface area contributed by atoms with Crippen LogP contribution in [0.4, 0.5) is 0 Å². The van der Waals surface area contributed by atoms with E-state index in [1.54, 1.807) is 21.3 Å². The number of aliphatic imine (C=N–C) groups is 1. The molecule has 7 nitrogen and oxygen atoms in total. The smallest absolute Gasteiger partial charge is 0.191 e. The number of rotatable bonds is 11. The molecule has 0 spiro atoms. The van der Waals surface area contributed by atoms with Crippen molar-refractivity contribution in [2.45, 2.75) is 32.1 Å². The van der Waals surface area contributed by atoms with E-state index in [4.69, 9.17) is 18.9 Å². The van der Waals surface area contributed by atoms with E-state index >= 15 is 0 Å². The predicted octanol–water partition coefficient (Wildman–Crippen LogP) is 3.21. The average molecular weight is 535 g/mol. The van der Waals surface area contributed by atoms with Gasteiger partial charge in [-0.25, -0.2) is 0 Å². The molecule has 0 aliphatic carbocycles. The van der Waals surface area contributed by atoms with Gasteiger partial charge in [0.2, 0.25) is 0 Å². The quantitative estimate of drug-likeness (QED) is 0.196. The Balaban J connectivity index is 0.00000450. The van der Waals surface area contributed by atoms with Crippen LogP contribution in [-0.4, -0.2) is 66.7 Å². The molecule has 1 heterocycles. The summed E-state index contributed by atoms with van der Waals surface area (Å²) >= 11 is 0. The molecule has 30 heavy (non-hydrogen) atoms. The van der Waals surface area contributed by atoms with Gasteiger partial charge in [-0.15, -0.1) is 24.0 Å². The molecule has 8 heteroatoms. The minimum Gasteiger partial charge on any atom is -0.493 e. The van der Waals surface area contributed by atoms with Crippen LogP contribution in [-0.2, 0) is 14.9 Å². The normalized spacial score (nSPS) is 16.7. The highest BCUT2D eigenvalue weighted by Gasteiger charge is 2.22. The van der Waals surface area contributed by atoms with Gasteiger partial charge in [0.15, 0.2) is 17.5 Å². The second-order valence-electron chi connectivity index (χ2n) is 7.96. The fourth-order valence-corrected chi connectivity index (χ4v) is 3.23. The molecule has 1 atom stereocenters. The lowest BCUT2D eigenvalue weighted by molar-refractivity contribution is 0.0888. The SMILES string of the molecule is CN=C(NCCCOCC1CCOC1)NCC(C)(C)c1ccc(OC)c(OC)c1.I. The lowest BCUT2D eigenvalue weighted by Gasteiger charge is -2.27. The molecule has 172 valence electrons. The van der Waals surface area contributed by atoms with Crippen LogP contribution in [0.2, 0.25) is 0 Å². The molecule has 2 N–H and O–H groups in total. The molecule has 1 unspecified atom stereocenters. The highest BCUT2D eigenvalue weighted by molar-refractivity contribution is 14.0. The molecule has 0 saturated carbocycles. The zero-order valence-electron chi connectivity index (χ0n) is 19.0. The third-order valence-electron chi connectivity index (χ3n) is 5.22. The summed E-state index contributed by atoms with van der Waals surface area (Å²) in [5, 5.41) is 6.77. The Hall–Kier alpha value is -1.26. The lowest BCUT2D eigenvalue weighted by atomic mass is 9.84. The van der Waals surface area contributed by atoms with Crippen molar-refractivity contribution >= 4 is 29.9 Å². The Kier molecular flexibility index (Phi) is 12.4. The fourth-order valence-electron chi connectivity index (χ4n) is 3.23. The first-order chi connectivity index (χ1) is 14.0. The maximum absolute atomic E-state index is 5.74. The van der Waals surface area contributed by atoms with Crippen molar-refractivity contribution in [3.63, 3.8) is 0 Å². The monoisotopic (exact) mass is 535 g/mol. The van der Waals surface area contributed by atoms with Crippen molar-refractivity contribution in [2.75, 3.05) is 60.8 Å². The summed E-state index contributed by atoms with van der Waals surface area (Å²) in [4.78, 5) is 4.32. The first kappa shape index (κ1) is 26.8. The number of methoxy groups -OCH3 is 2. The Morgan fingerprint density at radius 3 is 2.60 bits per heavy atom. The maximum atomic E-state index is 5.74. The zero-order valence-corrected chi connectivity index (χ0v) is 21.3. The van der Waals surface area contributed by atoms with Gasteiger partial charge in [-0.3, -0.25) is 4.99 Å². The Labute approximate surface area is 198 Å². The van der Waals surface area contributed by atoms with Crippen molar-refractivity contribution < 1.29 is 18.9 Å². The van der Waals surface area contributed by atoms with E-state index in [1.165, 1.54) is 5.56 Å². The summed E-state index contributed by atoms with van der Waals surface area (Å²) < 4.78 is 21.9. The van der Waals surface area contributed by atoms with Crippen molar-refractivity contribution in [1.82, 2.24) is 10.6 Å². The zero-order chi connectivity index (χ0) is 21.1. The number of ether oxygens (including phenoxy) is 4. The van der Waals surface area contributed by atoms with Crippen LogP contribution in [0, 0.1) is 5.92 Å². The third-order valence-corrected chi connectivity index (χ3v) is 5.22. The van der Waals surface area contributed by atoms with E-state index in [9.17, 15) is 0 Å². The van der Waals surface area contributed by atoms with Crippen LogP contribution in [0.1, 0.15) is 32.3 Å². The lowest BCUT2D eigenvalue weighted by Crippen LogP contribution is -2.43. The van der Waals surface area contributed by atoms with Crippen molar-refractivity contribution in [3.8, 4) is 11.5 Å². The van der Waals surface area contributed by atoms with Gasteiger partial charge in [0.05, 0.1) is 27.4 Å². The van der Waals surface area contributed by atoms with Gasteiger partial charge in [-0.1, -0.05) is 19.9 Å². The van der Waals surface area contributed by atoms with Crippen molar-refractivity contribution in [1.29, 1.82) is 0 Å². The molecule has 0 bridgehead atoms. The Morgan fingerprint density at radius 2 is 1.97 bits per heavy atom. The minimum absolute atomic E-state index is 0. The number of hydrogen-bond donors (Lipinski definition) is 2. The minimum atomic E-state index is -0.108. The number of hydrogen-bond acceptors (Lipinski definition) is 5. The molecular formula is C22H38IN3O4. The second kappa shape index (κ2) is 13.9. The molecule has 1 aromatic carbocycles. The molecule has 1 aromatic rings. The topological polar surface area (TPSA) is 73.3 Å². The summed E-state index contributed by atoms with van der Waals surface area (Å²) in [6, 6.07) is 6.05. The molecule has 1 aliphatic heterocycles. The van der Waals surface area contributed by atoms with E-state index in [2.05, 4.69) is 35.5 Å². The number of guanidine groups is 1. The summed E-state index contributed by atoms with van der Waals surface area (Å²) in [6.07, 6.45) is 2.05. The van der Waals surface area contributed by atoms with E-state index in [0.29, 0.717) is 5.92 Å². The van der Waals surface area contributed by atoms with E-state index in [1.807, 2.05) is 12.1 Å². The average Bonchev–Trinajstić information content (AvgIpc) is 3.25. The Bertz CT molecular complexity index is 649. The van der Waals surface area contributed by atoms with Crippen LogP contribution in [0.3, 0.4) is 0 Å². The Morgan fingerprint density at radius 1 is 1.20 bits per heavy atom. The van der Waals surface area contributed by atoms with Gasteiger partial charge in [-0.05, 0) is 30.5 Å². The highest BCUT2D eigenvalue weighted by Crippen LogP contribution is 2.32. The van der Waals surface area contributed by atoms with Gasteiger partial charge in [0, 0.05) is 44.7 Å². The highest BCUT2D eigenvalue weighted by atomic mass is 127. The van der Waals surface area contributed by atoms with Gasteiger partial charge in [-0.2, -0.15) is 0 Å². The van der Waals surface area contributed by atoms with Gasteiger partial charge < -0.3 is 29.6 Å². The van der Waals surface area contributed by atoms with Crippen LogP contribution in [0.25, 0.3) is 0 Å². The first-order valence-electron chi connectivity index (χ1n) is 10.3. The molecule has 0 radical (unpaired) electrons. The molecule has 2 rings (SSSR count). The third kappa shape index (κ3) is 8.47.